The second-order valence-electron chi connectivity index (χ2n) is 6.15. The fourth-order valence-corrected chi connectivity index (χ4v) is 3.43. The predicted octanol–water partition coefficient (Wildman–Crippen LogP) is 2.67. The van der Waals surface area contributed by atoms with Crippen molar-refractivity contribution in [2.75, 3.05) is 0 Å². The van der Waals surface area contributed by atoms with Crippen molar-refractivity contribution in [3.63, 3.8) is 0 Å². The molecule has 0 bridgehead atoms. The zero-order chi connectivity index (χ0) is 17.4. The van der Waals surface area contributed by atoms with E-state index in [-0.39, 0.29) is 11.3 Å². The largest absolute Gasteiger partial charge is 0.401 e. The molecule has 0 aliphatic carbocycles. The van der Waals surface area contributed by atoms with Crippen LogP contribution in [0.3, 0.4) is 0 Å². The molecule has 1 aromatic heterocycles. The zero-order valence-corrected chi connectivity index (χ0v) is 14.3. The molecule has 2 heterocycles. The van der Waals surface area contributed by atoms with Gasteiger partial charge in [-0.2, -0.15) is 4.68 Å². The summed E-state index contributed by atoms with van der Waals surface area (Å²) in [6.07, 6.45) is 2.79. The van der Waals surface area contributed by atoms with Crippen molar-refractivity contribution in [3.8, 4) is 5.69 Å². The van der Waals surface area contributed by atoms with Crippen LogP contribution in [0.15, 0.2) is 53.3 Å². The van der Waals surface area contributed by atoms with Crippen molar-refractivity contribution in [1.29, 1.82) is 0 Å². The van der Waals surface area contributed by atoms with E-state index in [1.54, 1.807) is 30.3 Å². The summed E-state index contributed by atoms with van der Waals surface area (Å²) in [6.45, 7) is 0.785. The number of H-pyrrole nitrogens is 1. The summed E-state index contributed by atoms with van der Waals surface area (Å²) in [4.78, 5) is 25.7. The molecular formula is C19H17ClN3O2+. The first-order chi connectivity index (χ1) is 12.1. The maximum absolute atomic E-state index is 13.0. The minimum absolute atomic E-state index is 0.107. The molecule has 4 rings (SSSR count). The molecule has 1 aliphatic rings. The zero-order valence-electron chi connectivity index (χ0n) is 13.5. The SMILES string of the molecule is O=C(c1ccccc1)c1cc(Cl)ccc1-n1[nH][n+]2c(c1=O)CCCC2. The van der Waals surface area contributed by atoms with Gasteiger partial charge in [0, 0.05) is 17.0 Å². The van der Waals surface area contributed by atoms with Crippen LogP contribution in [0.2, 0.25) is 5.02 Å². The number of hydrogen-bond donors (Lipinski definition) is 1. The average molecular weight is 355 g/mol. The minimum atomic E-state index is -0.164. The van der Waals surface area contributed by atoms with Gasteiger partial charge in [-0.25, -0.2) is 4.79 Å². The van der Waals surface area contributed by atoms with Crippen molar-refractivity contribution in [1.82, 2.24) is 9.90 Å². The van der Waals surface area contributed by atoms with Crippen molar-refractivity contribution >= 4 is 17.4 Å². The number of aryl methyl sites for hydroxylation is 1. The highest BCUT2D eigenvalue weighted by molar-refractivity contribution is 6.31. The third-order valence-electron chi connectivity index (χ3n) is 4.52. The third kappa shape index (κ3) is 2.81. The van der Waals surface area contributed by atoms with Crippen LogP contribution in [0, 0.1) is 0 Å². The van der Waals surface area contributed by atoms with Crippen LogP contribution in [0.1, 0.15) is 34.5 Å². The lowest BCUT2D eigenvalue weighted by Gasteiger charge is -2.06. The highest BCUT2D eigenvalue weighted by Gasteiger charge is 2.28. The molecule has 3 aromatic rings. The standard InChI is InChI=1S/C19H16ClN3O2/c20-14-9-10-16(15(12-14)18(24)13-6-2-1-3-7-13)23-19(25)17-8-4-5-11-22(17)21-23/h1-3,6-7,9-10,12H,4-5,8,11H2/p+1. The predicted molar refractivity (Wildman–Crippen MR) is 94.4 cm³/mol. The van der Waals surface area contributed by atoms with E-state index in [1.807, 2.05) is 22.9 Å². The van der Waals surface area contributed by atoms with E-state index in [2.05, 4.69) is 5.21 Å². The maximum Gasteiger partial charge on any atom is 0.401 e. The van der Waals surface area contributed by atoms with Gasteiger partial charge in [0.25, 0.3) is 0 Å². The van der Waals surface area contributed by atoms with E-state index >= 15 is 0 Å². The lowest BCUT2D eigenvalue weighted by molar-refractivity contribution is -0.765. The Bertz CT molecular complexity index is 1010. The molecule has 0 spiro atoms. The molecule has 0 radical (unpaired) electrons. The van der Waals surface area contributed by atoms with Gasteiger partial charge in [-0.1, -0.05) is 51.8 Å². The van der Waals surface area contributed by atoms with Crippen LogP contribution >= 0.6 is 11.6 Å². The Kier molecular flexibility index (Phi) is 4.01. The van der Waals surface area contributed by atoms with E-state index < -0.39 is 0 Å². The summed E-state index contributed by atoms with van der Waals surface area (Å²) < 4.78 is 3.32. The smallest absolute Gasteiger partial charge is 0.288 e. The van der Waals surface area contributed by atoms with E-state index in [1.165, 1.54) is 4.68 Å². The molecular weight excluding hydrogens is 338 g/mol. The number of hydrogen-bond acceptors (Lipinski definition) is 2. The highest BCUT2D eigenvalue weighted by atomic mass is 35.5. The number of halogens is 1. The highest BCUT2D eigenvalue weighted by Crippen LogP contribution is 2.22. The van der Waals surface area contributed by atoms with Crippen molar-refractivity contribution < 1.29 is 9.48 Å². The van der Waals surface area contributed by atoms with Gasteiger partial charge in [-0.05, 0) is 31.0 Å². The molecule has 126 valence electrons. The quantitative estimate of drug-likeness (QED) is 0.580. The van der Waals surface area contributed by atoms with Gasteiger partial charge < -0.3 is 0 Å². The van der Waals surface area contributed by atoms with Crippen LogP contribution in [-0.4, -0.2) is 15.7 Å². The second-order valence-corrected chi connectivity index (χ2v) is 6.59. The Labute approximate surface area is 149 Å². The van der Waals surface area contributed by atoms with Gasteiger partial charge >= 0.3 is 5.56 Å². The summed E-state index contributed by atoms with van der Waals surface area (Å²) in [7, 11) is 0. The van der Waals surface area contributed by atoms with Crippen LogP contribution < -0.4 is 10.2 Å². The van der Waals surface area contributed by atoms with Gasteiger partial charge in [0.15, 0.2) is 11.5 Å². The Morgan fingerprint density at radius 3 is 2.68 bits per heavy atom. The number of aromatic nitrogens is 3. The van der Waals surface area contributed by atoms with Crippen molar-refractivity contribution in [3.05, 3.63) is 80.7 Å². The number of carbonyl (C=O) groups is 1. The number of aromatic amines is 1. The first-order valence-corrected chi connectivity index (χ1v) is 8.66. The number of fused-ring (bicyclic) bond motifs is 1. The number of rotatable bonds is 3. The Morgan fingerprint density at radius 2 is 1.92 bits per heavy atom. The molecule has 5 nitrogen and oxygen atoms in total. The third-order valence-corrected chi connectivity index (χ3v) is 4.76. The van der Waals surface area contributed by atoms with Gasteiger partial charge in [0.2, 0.25) is 5.69 Å². The number of nitrogens with one attached hydrogen (secondary N) is 1. The molecule has 0 atom stereocenters. The monoisotopic (exact) mass is 354 g/mol. The molecule has 1 aliphatic heterocycles. The Balaban J connectivity index is 1.88. The topological polar surface area (TPSA) is 58.7 Å². The van der Waals surface area contributed by atoms with Gasteiger partial charge in [-0.3, -0.25) is 4.79 Å². The van der Waals surface area contributed by atoms with Gasteiger partial charge in [0.05, 0.1) is 5.56 Å². The fourth-order valence-electron chi connectivity index (χ4n) is 3.25. The first-order valence-electron chi connectivity index (χ1n) is 8.28. The van der Waals surface area contributed by atoms with Crippen LogP contribution in [0.4, 0.5) is 0 Å². The Hall–Kier alpha value is -2.66. The maximum atomic E-state index is 13.0. The molecule has 0 unspecified atom stereocenters. The van der Waals surface area contributed by atoms with Crippen LogP contribution in [0.5, 0.6) is 0 Å². The van der Waals surface area contributed by atoms with Gasteiger partial charge in [-0.15, -0.1) is 0 Å². The second kappa shape index (κ2) is 6.33. The molecule has 0 saturated carbocycles. The van der Waals surface area contributed by atoms with Crippen LogP contribution in [-0.2, 0) is 13.0 Å². The lowest BCUT2D eigenvalue weighted by Crippen LogP contribution is -2.43. The summed E-state index contributed by atoms with van der Waals surface area (Å²) in [5.74, 6) is -0.164. The molecule has 2 aromatic carbocycles. The van der Waals surface area contributed by atoms with Crippen molar-refractivity contribution in [2.45, 2.75) is 25.8 Å². The van der Waals surface area contributed by atoms with E-state index in [0.29, 0.717) is 21.8 Å². The summed E-state index contributed by atoms with van der Waals surface area (Å²) >= 11 is 6.12. The molecule has 0 saturated heterocycles. The summed E-state index contributed by atoms with van der Waals surface area (Å²) in [5, 5.41) is 3.57. The Morgan fingerprint density at radius 1 is 1.12 bits per heavy atom. The molecule has 1 N–H and O–H groups in total. The fraction of sp³-hybridized carbons (Fsp3) is 0.211. The van der Waals surface area contributed by atoms with Gasteiger partial charge in [0.1, 0.15) is 6.54 Å². The number of benzene rings is 2. The van der Waals surface area contributed by atoms with Crippen LogP contribution in [0.25, 0.3) is 5.69 Å². The molecule has 0 amide bonds. The summed E-state index contributed by atoms with van der Waals surface area (Å²) in [6, 6.07) is 14.0. The van der Waals surface area contributed by atoms with E-state index in [0.717, 1.165) is 31.5 Å². The number of nitrogens with zero attached hydrogens (tertiary/aromatic N) is 2. The molecule has 6 heteroatoms. The average Bonchev–Trinajstić information content (AvgIpc) is 2.99. The lowest BCUT2D eigenvalue weighted by atomic mass is 10.0. The van der Waals surface area contributed by atoms with E-state index in [9.17, 15) is 9.59 Å². The van der Waals surface area contributed by atoms with E-state index in [4.69, 9.17) is 11.6 Å². The summed E-state index contributed by atoms with van der Waals surface area (Å²) in [5.41, 5.74) is 2.12. The normalized spacial score (nSPS) is 13.5. The van der Waals surface area contributed by atoms with Crippen molar-refractivity contribution in [2.24, 2.45) is 0 Å². The minimum Gasteiger partial charge on any atom is -0.288 e. The molecule has 0 fully saturated rings. The molecule has 25 heavy (non-hydrogen) atoms. The number of ketones is 1. The number of carbonyl (C=O) groups excluding carboxylic acids is 1. The first kappa shape index (κ1) is 15.8.